The minimum absolute atomic E-state index is 0.133. The second-order valence-electron chi connectivity index (χ2n) is 9.56. The molecule has 0 aliphatic carbocycles. The lowest BCUT2D eigenvalue weighted by Crippen LogP contribution is -2.15. The molecule has 3 aromatic carbocycles. The lowest BCUT2D eigenvalue weighted by molar-refractivity contribution is 0.375. The molecule has 0 unspecified atom stereocenters. The van der Waals surface area contributed by atoms with E-state index in [0.29, 0.717) is 39.2 Å². The van der Waals surface area contributed by atoms with Crippen LogP contribution in [0.15, 0.2) is 64.5 Å². The number of fused-ring (bicyclic) bond motifs is 1. The number of methoxy groups -OCH3 is 1. The van der Waals surface area contributed by atoms with Gasteiger partial charge in [-0.2, -0.15) is 0 Å². The average molecular weight is 487 g/mol. The van der Waals surface area contributed by atoms with Crippen LogP contribution < -0.4 is 14.9 Å². The van der Waals surface area contributed by atoms with Crippen molar-refractivity contribution in [3.8, 4) is 28.5 Å². The number of nitrogens with one attached hydrogen (secondary N) is 1. The average Bonchev–Trinajstić information content (AvgIpc) is 2.84. The lowest BCUT2D eigenvalue weighted by Gasteiger charge is -2.24. The van der Waals surface area contributed by atoms with Gasteiger partial charge in [0.15, 0.2) is 16.9 Å². The third kappa shape index (κ3) is 4.76. The van der Waals surface area contributed by atoms with Gasteiger partial charge >= 0.3 is 0 Å². The molecule has 0 amide bonds. The zero-order valence-electron chi connectivity index (χ0n) is 20.8. The SMILES string of the molecule is COc1cc(F)ccc1Oc1cc(C(C)(C)C)cc(C)c1-c1[nH]c2ccccc2c(=O)c1CN=[N+]=[N-]. The summed E-state index contributed by atoms with van der Waals surface area (Å²) in [6.45, 7) is 8.08. The van der Waals surface area contributed by atoms with Crippen LogP contribution in [0.2, 0.25) is 0 Å². The number of aromatic nitrogens is 1. The maximum atomic E-state index is 13.9. The third-order valence-corrected chi connectivity index (χ3v) is 6.06. The van der Waals surface area contributed by atoms with E-state index in [1.165, 1.54) is 25.3 Å². The van der Waals surface area contributed by atoms with E-state index in [1.54, 1.807) is 12.1 Å². The number of pyridine rings is 1. The summed E-state index contributed by atoms with van der Waals surface area (Å²) in [6.07, 6.45) is 0. The maximum Gasteiger partial charge on any atom is 0.193 e. The summed E-state index contributed by atoms with van der Waals surface area (Å²) >= 11 is 0. The van der Waals surface area contributed by atoms with E-state index >= 15 is 0 Å². The smallest absolute Gasteiger partial charge is 0.193 e. The molecule has 0 spiro atoms. The number of halogens is 1. The molecule has 184 valence electrons. The number of H-pyrrole nitrogens is 1. The number of hydrogen-bond acceptors (Lipinski definition) is 4. The Kier molecular flexibility index (Phi) is 6.73. The highest BCUT2D eigenvalue weighted by Crippen LogP contribution is 2.42. The molecule has 0 fully saturated rings. The van der Waals surface area contributed by atoms with E-state index in [0.717, 1.165) is 11.1 Å². The molecule has 1 N–H and O–H groups in total. The first kappa shape index (κ1) is 24.8. The van der Waals surface area contributed by atoms with Crippen molar-refractivity contribution in [1.29, 1.82) is 0 Å². The molecule has 36 heavy (non-hydrogen) atoms. The van der Waals surface area contributed by atoms with Crippen LogP contribution in [0, 0.1) is 12.7 Å². The van der Waals surface area contributed by atoms with E-state index in [4.69, 9.17) is 15.0 Å². The van der Waals surface area contributed by atoms with Crippen molar-refractivity contribution in [2.75, 3.05) is 7.11 Å². The Hall–Kier alpha value is -4.29. The number of azide groups is 1. The summed E-state index contributed by atoms with van der Waals surface area (Å²) in [5.74, 6) is 0.568. The summed E-state index contributed by atoms with van der Waals surface area (Å²) in [7, 11) is 1.44. The van der Waals surface area contributed by atoms with Crippen molar-refractivity contribution < 1.29 is 13.9 Å². The largest absolute Gasteiger partial charge is 0.493 e. The predicted octanol–water partition coefficient (Wildman–Crippen LogP) is 7.55. The molecule has 0 saturated heterocycles. The van der Waals surface area contributed by atoms with Crippen LogP contribution in [0.3, 0.4) is 0 Å². The molecule has 0 aliphatic rings. The van der Waals surface area contributed by atoms with Gasteiger partial charge in [-0.15, -0.1) is 0 Å². The quantitative estimate of drug-likeness (QED) is 0.173. The van der Waals surface area contributed by atoms with Gasteiger partial charge in [-0.3, -0.25) is 4.79 Å². The van der Waals surface area contributed by atoms with Crippen LogP contribution in [0.4, 0.5) is 4.39 Å². The molecular formula is C28H27FN4O3. The summed E-state index contributed by atoms with van der Waals surface area (Å²) in [5.41, 5.74) is 12.5. The second kappa shape index (κ2) is 9.76. The summed E-state index contributed by atoms with van der Waals surface area (Å²) < 4.78 is 25.5. The first-order valence-electron chi connectivity index (χ1n) is 11.5. The number of aryl methyl sites for hydroxylation is 1. The zero-order chi connectivity index (χ0) is 26.0. The fraction of sp³-hybridized carbons (Fsp3) is 0.250. The molecule has 0 atom stereocenters. The van der Waals surface area contributed by atoms with Crippen molar-refractivity contribution in [2.24, 2.45) is 5.11 Å². The van der Waals surface area contributed by atoms with Gasteiger partial charge in [0.1, 0.15) is 11.6 Å². The molecule has 0 bridgehead atoms. The third-order valence-electron chi connectivity index (χ3n) is 6.06. The van der Waals surface area contributed by atoms with Crippen LogP contribution in [0.5, 0.6) is 17.2 Å². The van der Waals surface area contributed by atoms with Gasteiger partial charge < -0.3 is 14.5 Å². The normalized spacial score (nSPS) is 11.3. The summed E-state index contributed by atoms with van der Waals surface area (Å²) in [6, 6.07) is 15.2. The Labute approximate surface area is 208 Å². The van der Waals surface area contributed by atoms with Crippen LogP contribution in [-0.2, 0) is 12.0 Å². The van der Waals surface area contributed by atoms with Crippen LogP contribution in [0.25, 0.3) is 32.6 Å². The topological polar surface area (TPSA) is 100 Å². The van der Waals surface area contributed by atoms with Gasteiger partial charge in [-0.05, 0) is 59.3 Å². The van der Waals surface area contributed by atoms with Gasteiger partial charge in [0.2, 0.25) is 0 Å². The molecule has 0 aliphatic heterocycles. The Morgan fingerprint density at radius 2 is 1.81 bits per heavy atom. The van der Waals surface area contributed by atoms with E-state index in [1.807, 2.05) is 25.1 Å². The standard InChI is InChI=1S/C28H27FN4O3/c1-16-12-17(28(2,3)4)13-24(36-22-11-10-18(29)14-23(22)35-5)25(16)26-20(15-31-33-30)27(34)19-8-6-7-9-21(19)32-26/h6-14H,15H2,1-5H3,(H,32,34). The van der Waals surface area contributed by atoms with Crippen molar-refractivity contribution in [2.45, 2.75) is 39.7 Å². The summed E-state index contributed by atoms with van der Waals surface area (Å²) in [5, 5.41) is 4.19. The summed E-state index contributed by atoms with van der Waals surface area (Å²) in [4.78, 5) is 19.7. The molecule has 4 rings (SSSR count). The Balaban J connectivity index is 2.06. The minimum Gasteiger partial charge on any atom is -0.493 e. The van der Waals surface area contributed by atoms with Gasteiger partial charge in [0.25, 0.3) is 0 Å². The Morgan fingerprint density at radius 1 is 1.06 bits per heavy atom. The number of benzene rings is 3. The van der Waals surface area contributed by atoms with Gasteiger partial charge in [-0.1, -0.05) is 44.1 Å². The highest BCUT2D eigenvalue weighted by molar-refractivity contribution is 5.85. The zero-order valence-corrected chi connectivity index (χ0v) is 20.8. The molecular weight excluding hydrogens is 459 g/mol. The van der Waals surface area contributed by atoms with Crippen LogP contribution >= 0.6 is 0 Å². The molecule has 1 aromatic heterocycles. The molecule has 1 heterocycles. The van der Waals surface area contributed by atoms with Crippen LogP contribution in [0.1, 0.15) is 37.5 Å². The van der Waals surface area contributed by atoms with Gasteiger partial charge in [-0.25, -0.2) is 4.39 Å². The molecule has 4 aromatic rings. The monoisotopic (exact) mass is 486 g/mol. The van der Waals surface area contributed by atoms with E-state index in [2.05, 4.69) is 41.8 Å². The number of rotatable bonds is 6. The highest BCUT2D eigenvalue weighted by atomic mass is 19.1. The molecule has 0 radical (unpaired) electrons. The second-order valence-corrected chi connectivity index (χ2v) is 9.56. The van der Waals surface area contributed by atoms with Crippen molar-refractivity contribution in [1.82, 2.24) is 4.98 Å². The predicted molar refractivity (Wildman–Crippen MR) is 139 cm³/mol. The fourth-order valence-corrected chi connectivity index (χ4v) is 4.18. The number of para-hydroxylation sites is 1. The van der Waals surface area contributed by atoms with Gasteiger partial charge in [0, 0.05) is 33.0 Å². The van der Waals surface area contributed by atoms with Crippen molar-refractivity contribution in [3.63, 3.8) is 0 Å². The number of ether oxygens (including phenoxy) is 2. The van der Waals surface area contributed by atoms with Crippen molar-refractivity contribution >= 4 is 10.9 Å². The highest BCUT2D eigenvalue weighted by Gasteiger charge is 2.24. The molecule has 8 heteroatoms. The number of hydrogen-bond donors (Lipinski definition) is 1. The first-order valence-corrected chi connectivity index (χ1v) is 11.5. The lowest BCUT2D eigenvalue weighted by atomic mass is 9.84. The minimum atomic E-state index is -0.449. The first-order chi connectivity index (χ1) is 17.1. The Morgan fingerprint density at radius 3 is 2.50 bits per heavy atom. The van der Waals surface area contributed by atoms with E-state index < -0.39 is 5.82 Å². The van der Waals surface area contributed by atoms with Crippen LogP contribution in [-0.4, -0.2) is 12.1 Å². The fourth-order valence-electron chi connectivity index (χ4n) is 4.18. The van der Waals surface area contributed by atoms with Gasteiger partial charge in [0.05, 0.1) is 19.3 Å². The van der Waals surface area contributed by atoms with E-state index in [9.17, 15) is 9.18 Å². The number of aromatic amines is 1. The maximum absolute atomic E-state index is 13.9. The Bertz CT molecular complexity index is 1560. The van der Waals surface area contributed by atoms with Crippen molar-refractivity contribution in [3.05, 3.63) is 97.8 Å². The van der Waals surface area contributed by atoms with E-state index in [-0.39, 0.29) is 23.1 Å². The molecule has 7 nitrogen and oxygen atoms in total. The molecule has 0 saturated carbocycles. The number of nitrogens with zero attached hydrogens (tertiary/aromatic N) is 3.